The first-order valence-corrected chi connectivity index (χ1v) is 10.9. The molecule has 0 saturated heterocycles. The fourth-order valence-electron chi connectivity index (χ4n) is 2.77. The number of anilines is 1. The van der Waals surface area contributed by atoms with Gasteiger partial charge in [-0.2, -0.15) is 13.2 Å². The van der Waals surface area contributed by atoms with Gasteiger partial charge in [-0.05, 0) is 30.7 Å². The zero-order valence-corrected chi connectivity index (χ0v) is 18.0. The Balaban J connectivity index is 1.39. The third-order valence-corrected chi connectivity index (χ3v) is 6.22. The molecule has 4 rings (SSSR count). The van der Waals surface area contributed by atoms with E-state index in [0.29, 0.717) is 21.9 Å². The Labute approximate surface area is 188 Å². The number of aryl methyl sites for hydroxylation is 1. The van der Waals surface area contributed by atoms with Crippen molar-refractivity contribution in [3.8, 4) is 11.5 Å². The Hall–Kier alpha value is -3.25. The third kappa shape index (κ3) is 4.97. The summed E-state index contributed by atoms with van der Waals surface area (Å²) in [5, 5.41) is 18.3. The summed E-state index contributed by atoms with van der Waals surface area (Å²) < 4.78 is 45.5. The second-order valence-electron chi connectivity index (χ2n) is 6.48. The van der Waals surface area contributed by atoms with Crippen LogP contribution in [0.5, 0.6) is 0 Å². The lowest BCUT2D eigenvalue weighted by Gasteiger charge is -2.11. The number of nitrogens with zero attached hydrogens (tertiary/aromatic N) is 4. The van der Waals surface area contributed by atoms with E-state index in [-0.39, 0.29) is 5.13 Å². The fourth-order valence-corrected chi connectivity index (χ4v) is 4.35. The number of rotatable bonds is 6. The van der Waals surface area contributed by atoms with Gasteiger partial charge in [0.25, 0.3) is 5.91 Å². The van der Waals surface area contributed by atoms with Gasteiger partial charge in [-0.25, -0.2) is 0 Å². The lowest BCUT2D eigenvalue weighted by molar-refractivity contribution is -0.137. The van der Waals surface area contributed by atoms with Gasteiger partial charge in [0.05, 0.1) is 16.9 Å². The first-order valence-electron chi connectivity index (χ1n) is 9.13. The van der Waals surface area contributed by atoms with Crippen LogP contribution in [-0.2, 0) is 11.9 Å². The van der Waals surface area contributed by atoms with E-state index in [2.05, 4.69) is 25.7 Å². The monoisotopic (exact) mass is 477 g/mol. The van der Waals surface area contributed by atoms with Crippen LogP contribution in [0.1, 0.15) is 27.4 Å². The van der Waals surface area contributed by atoms with Crippen molar-refractivity contribution in [2.75, 3.05) is 5.32 Å². The number of hydrogen-bond donors (Lipinski definition) is 1. The topological polar surface area (TPSA) is 93.8 Å². The van der Waals surface area contributed by atoms with Crippen LogP contribution in [0.25, 0.3) is 11.5 Å². The minimum Gasteiger partial charge on any atom is -0.420 e. The summed E-state index contributed by atoms with van der Waals surface area (Å²) in [6, 6.07) is 12.2. The quantitative estimate of drug-likeness (QED) is 0.291. The summed E-state index contributed by atoms with van der Waals surface area (Å²) in [4.78, 5) is 12.3. The van der Waals surface area contributed by atoms with Crippen LogP contribution in [-0.4, -0.2) is 26.3 Å². The van der Waals surface area contributed by atoms with Crippen molar-refractivity contribution < 1.29 is 22.4 Å². The van der Waals surface area contributed by atoms with Crippen LogP contribution in [0.3, 0.4) is 0 Å². The van der Waals surface area contributed by atoms with E-state index in [0.717, 1.165) is 34.6 Å². The summed E-state index contributed by atoms with van der Waals surface area (Å²) in [5.74, 6) is 0.198. The molecule has 0 bridgehead atoms. The summed E-state index contributed by atoms with van der Waals surface area (Å²) in [6.07, 6.45) is -4.64. The summed E-state index contributed by atoms with van der Waals surface area (Å²) in [6.45, 7) is 1.94. The molecule has 4 aromatic rings. The van der Waals surface area contributed by atoms with E-state index in [1.165, 1.54) is 23.9 Å². The fraction of sp³-hybridized carbons (Fsp3) is 0.150. The number of halogens is 3. The van der Waals surface area contributed by atoms with E-state index >= 15 is 0 Å². The number of nitrogens with one attached hydrogen (secondary N) is 1. The van der Waals surface area contributed by atoms with Crippen LogP contribution in [0.2, 0.25) is 0 Å². The van der Waals surface area contributed by atoms with Crippen molar-refractivity contribution >= 4 is 34.1 Å². The molecule has 0 saturated carbocycles. The van der Waals surface area contributed by atoms with E-state index in [1.807, 2.05) is 31.2 Å². The Kier molecular flexibility index (Phi) is 6.24. The average molecular weight is 477 g/mol. The van der Waals surface area contributed by atoms with Crippen LogP contribution in [0, 0.1) is 6.92 Å². The van der Waals surface area contributed by atoms with E-state index in [1.54, 1.807) is 0 Å². The maximum atomic E-state index is 13.1. The van der Waals surface area contributed by atoms with Crippen molar-refractivity contribution in [2.24, 2.45) is 0 Å². The molecule has 0 fully saturated rings. The molecule has 2 heterocycles. The summed E-state index contributed by atoms with van der Waals surface area (Å²) >= 11 is 2.29. The molecule has 2 aromatic heterocycles. The van der Waals surface area contributed by atoms with Crippen LogP contribution in [0.4, 0.5) is 18.3 Å². The molecule has 0 spiro atoms. The predicted octanol–water partition coefficient (Wildman–Crippen LogP) is 5.46. The number of carbonyl (C=O) groups is 1. The summed E-state index contributed by atoms with van der Waals surface area (Å²) in [5.41, 5.74) is 0.347. The molecule has 7 nitrogen and oxygen atoms in total. The van der Waals surface area contributed by atoms with Gasteiger partial charge in [-0.1, -0.05) is 53.4 Å². The minimum atomic E-state index is -4.64. The molecule has 0 aliphatic heterocycles. The van der Waals surface area contributed by atoms with Crippen molar-refractivity contribution in [3.63, 3.8) is 0 Å². The smallest absolute Gasteiger partial charge is 0.417 e. The molecule has 0 aliphatic rings. The van der Waals surface area contributed by atoms with E-state index in [9.17, 15) is 18.0 Å². The van der Waals surface area contributed by atoms with Gasteiger partial charge in [-0.3, -0.25) is 10.1 Å². The standard InChI is InChI=1S/C20H14F3N5O2S2/c1-11-6-2-3-7-12(11)17-26-25-15(30-17)10-31-19-28-27-18(32-19)24-16(29)13-8-4-5-9-14(13)20(21,22)23/h2-9H,10H2,1H3,(H,24,27,29). The molecule has 164 valence electrons. The molecule has 32 heavy (non-hydrogen) atoms. The number of hydrogen-bond acceptors (Lipinski definition) is 8. The second kappa shape index (κ2) is 9.09. The van der Waals surface area contributed by atoms with Crippen molar-refractivity contribution in [2.45, 2.75) is 23.2 Å². The van der Waals surface area contributed by atoms with Crippen molar-refractivity contribution in [1.82, 2.24) is 20.4 Å². The van der Waals surface area contributed by atoms with Gasteiger partial charge in [0, 0.05) is 5.56 Å². The highest BCUT2D eigenvalue weighted by molar-refractivity contribution is 8.00. The largest absolute Gasteiger partial charge is 0.420 e. The number of alkyl halides is 3. The first kappa shape index (κ1) is 22.0. The Bertz CT molecular complexity index is 1260. The Morgan fingerprint density at radius 3 is 2.59 bits per heavy atom. The second-order valence-corrected chi connectivity index (χ2v) is 8.68. The lowest BCUT2D eigenvalue weighted by Crippen LogP contribution is -2.18. The van der Waals surface area contributed by atoms with E-state index in [4.69, 9.17) is 4.42 Å². The van der Waals surface area contributed by atoms with Gasteiger partial charge in [0.1, 0.15) is 0 Å². The van der Waals surface area contributed by atoms with Crippen molar-refractivity contribution in [1.29, 1.82) is 0 Å². The zero-order valence-electron chi connectivity index (χ0n) is 16.4. The molecular weight excluding hydrogens is 463 g/mol. The molecule has 0 unspecified atom stereocenters. The average Bonchev–Trinajstić information content (AvgIpc) is 3.41. The highest BCUT2D eigenvalue weighted by Gasteiger charge is 2.35. The normalized spacial score (nSPS) is 11.5. The third-order valence-electron chi connectivity index (χ3n) is 4.27. The Morgan fingerprint density at radius 2 is 1.81 bits per heavy atom. The first-order chi connectivity index (χ1) is 15.3. The Morgan fingerprint density at radius 1 is 1.06 bits per heavy atom. The molecule has 0 atom stereocenters. The molecule has 0 aliphatic carbocycles. The molecular formula is C20H14F3N5O2S2. The van der Waals surface area contributed by atoms with Crippen molar-refractivity contribution in [3.05, 3.63) is 71.1 Å². The molecule has 0 radical (unpaired) electrons. The van der Waals surface area contributed by atoms with Crippen LogP contribution in [0.15, 0.2) is 57.3 Å². The van der Waals surface area contributed by atoms with Gasteiger partial charge in [0.2, 0.25) is 16.9 Å². The van der Waals surface area contributed by atoms with Gasteiger partial charge in [0.15, 0.2) is 4.34 Å². The van der Waals surface area contributed by atoms with Gasteiger partial charge >= 0.3 is 6.18 Å². The molecule has 1 N–H and O–H groups in total. The van der Waals surface area contributed by atoms with E-state index < -0.39 is 23.2 Å². The highest BCUT2D eigenvalue weighted by Crippen LogP contribution is 2.33. The maximum Gasteiger partial charge on any atom is 0.417 e. The lowest BCUT2D eigenvalue weighted by atomic mass is 10.1. The number of thioether (sulfide) groups is 1. The van der Waals surface area contributed by atoms with Crippen LogP contribution >= 0.6 is 23.1 Å². The number of aromatic nitrogens is 4. The maximum absolute atomic E-state index is 13.1. The number of amides is 1. The number of benzene rings is 2. The minimum absolute atomic E-state index is 0.0839. The van der Waals surface area contributed by atoms with Crippen LogP contribution < -0.4 is 5.32 Å². The molecule has 1 amide bonds. The number of carbonyl (C=O) groups excluding carboxylic acids is 1. The van der Waals surface area contributed by atoms with Gasteiger partial charge < -0.3 is 4.42 Å². The summed E-state index contributed by atoms with van der Waals surface area (Å²) in [7, 11) is 0. The predicted molar refractivity (Wildman–Crippen MR) is 113 cm³/mol. The molecule has 12 heteroatoms. The zero-order chi connectivity index (χ0) is 22.7. The molecule has 2 aromatic carbocycles. The highest BCUT2D eigenvalue weighted by atomic mass is 32.2. The SMILES string of the molecule is Cc1ccccc1-c1nnc(CSc2nnc(NC(=O)c3ccccc3C(F)(F)F)s2)o1. The van der Waals surface area contributed by atoms with Gasteiger partial charge in [-0.15, -0.1) is 20.4 Å².